The summed E-state index contributed by atoms with van der Waals surface area (Å²) in [6.07, 6.45) is -0.425. The van der Waals surface area contributed by atoms with Crippen LogP contribution in [0.1, 0.15) is 41.1 Å². The number of aromatic nitrogens is 1. The molecule has 0 saturated carbocycles. The van der Waals surface area contributed by atoms with E-state index >= 15 is 0 Å². The highest BCUT2D eigenvalue weighted by molar-refractivity contribution is 7.09. The third kappa shape index (κ3) is 5.26. The molecular weight excluding hydrogens is 454 g/mol. The second kappa shape index (κ2) is 10.5. The number of rotatable bonds is 9. The topological polar surface area (TPSA) is 118 Å². The third-order valence-electron chi connectivity index (χ3n) is 5.71. The van der Waals surface area contributed by atoms with Crippen molar-refractivity contribution in [3.05, 3.63) is 75.7 Å². The van der Waals surface area contributed by atoms with Crippen molar-refractivity contribution >= 4 is 29.3 Å². The fraction of sp³-hybridized carbons (Fsp3) is 0.280. The molecule has 1 heterocycles. The van der Waals surface area contributed by atoms with E-state index in [2.05, 4.69) is 27.8 Å². The highest BCUT2D eigenvalue weighted by Crippen LogP contribution is 2.44. The van der Waals surface area contributed by atoms with Crippen LogP contribution in [-0.2, 0) is 27.3 Å². The van der Waals surface area contributed by atoms with Gasteiger partial charge in [-0.3, -0.25) is 9.59 Å². The first-order chi connectivity index (χ1) is 16.5. The summed E-state index contributed by atoms with van der Waals surface area (Å²) < 4.78 is 5.53. The second-order valence-corrected chi connectivity index (χ2v) is 8.89. The van der Waals surface area contributed by atoms with Crippen molar-refractivity contribution in [3.8, 4) is 11.1 Å². The Labute approximate surface area is 201 Å². The number of carbonyl (C=O) groups excluding carboxylic acids is 2. The first kappa shape index (κ1) is 23.4. The van der Waals surface area contributed by atoms with E-state index in [4.69, 9.17) is 9.84 Å². The molecule has 1 aliphatic rings. The van der Waals surface area contributed by atoms with Crippen LogP contribution in [0.5, 0.6) is 0 Å². The lowest BCUT2D eigenvalue weighted by molar-refractivity contribution is -0.136. The lowest BCUT2D eigenvalue weighted by atomic mass is 9.98. The molecule has 0 fully saturated rings. The first-order valence-corrected chi connectivity index (χ1v) is 11.9. The quantitative estimate of drug-likeness (QED) is 0.431. The molecule has 8 nitrogen and oxygen atoms in total. The maximum Gasteiger partial charge on any atom is 0.407 e. The maximum absolute atomic E-state index is 12.6. The number of aliphatic carboxylic acids is 1. The van der Waals surface area contributed by atoms with E-state index in [1.807, 2.05) is 36.4 Å². The van der Waals surface area contributed by atoms with Crippen LogP contribution >= 0.6 is 11.3 Å². The molecule has 34 heavy (non-hydrogen) atoms. The number of benzene rings is 2. The highest BCUT2D eigenvalue weighted by atomic mass is 32.1. The molecule has 4 rings (SSSR count). The van der Waals surface area contributed by atoms with Gasteiger partial charge in [0.15, 0.2) is 0 Å². The number of ether oxygens (including phenoxy) is 1. The number of fused-ring (bicyclic) bond motifs is 3. The SMILES string of the molecule is CCC(NC(=O)OCC1c2ccccc2-c2ccccc21)C(=O)NCc1nc(CC(=O)O)cs1. The summed E-state index contributed by atoms with van der Waals surface area (Å²) in [5, 5.41) is 16.5. The van der Waals surface area contributed by atoms with Gasteiger partial charge in [-0.1, -0.05) is 55.5 Å². The van der Waals surface area contributed by atoms with Gasteiger partial charge in [0.05, 0.1) is 18.7 Å². The van der Waals surface area contributed by atoms with Gasteiger partial charge in [-0.15, -0.1) is 11.3 Å². The number of nitrogens with zero attached hydrogens (tertiary/aromatic N) is 1. The molecule has 1 atom stereocenters. The molecule has 1 aromatic heterocycles. The van der Waals surface area contributed by atoms with Gasteiger partial charge >= 0.3 is 12.1 Å². The normalized spacial score (nSPS) is 13.0. The Morgan fingerprint density at radius 1 is 1.09 bits per heavy atom. The van der Waals surface area contributed by atoms with Crippen LogP contribution in [0, 0.1) is 0 Å². The van der Waals surface area contributed by atoms with Crippen LogP contribution in [0.25, 0.3) is 11.1 Å². The van der Waals surface area contributed by atoms with E-state index in [0.29, 0.717) is 17.1 Å². The van der Waals surface area contributed by atoms with Gasteiger partial charge in [0.1, 0.15) is 17.7 Å². The van der Waals surface area contributed by atoms with Gasteiger partial charge in [-0.05, 0) is 28.7 Å². The van der Waals surface area contributed by atoms with Crippen molar-refractivity contribution in [3.63, 3.8) is 0 Å². The van der Waals surface area contributed by atoms with Gasteiger partial charge in [0.2, 0.25) is 5.91 Å². The molecule has 176 valence electrons. The zero-order chi connectivity index (χ0) is 24.1. The van der Waals surface area contributed by atoms with Crippen molar-refractivity contribution in [2.75, 3.05) is 6.61 Å². The molecular formula is C25H25N3O5S. The molecule has 0 saturated heterocycles. The summed E-state index contributed by atoms with van der Waals surface area (Å²) in [5.41, 5.74) is 4.97. The smallest absolute Gasteiger partial charge is 0.407 e. The lowest BCUT2D eigenvalue weighted by Crippen LogP contribution is -2.46. The predicted molar refractivity (Wildman–Crippen MR) is 128 cm³/mol. The molecule has 3 N–H and O–H groups in total. The van der Waals surface area contributed by atoms with E-state index in [1.54, 1.807) is 12.3 Å². The number of nitrogens with one attached hydrogen (secondary N) is 2. The highest BCUT2D eigenvalue weighted by Gasteiger charge is 2.29. The number of carboxylic acid groups (broad SMARTS) is 1. The summed E-state index contributed by atoms with van der Waals surface area (Å²) in [4.78, 5) is 40.0. The van der Waals surface area contributed by atoms with Gasteiger partial charge in [0, 0.05) is 11.3 Å². The standard InChI is InChI=1S/C25H25N3O5S/c1-2-21(24(31)26-12-22-27-15(14-34-22)11-23(29)30)28-25(32)33-13-20-18-9-5-3-7-16(18)17-8-4-6-10-19(17)20/h3-10,14,20-21H,2,11-13H2,1H3,(H,26,31)(H,28,32)(H,29,30). The molecule has 2 amide bonds. The number of amides is 2. The molecule has 0 radical (unpaired) electrons. The molecule has 1 unspecified atom stereocenters. The summed E-state index contributed by atoms with van der Waals surface area (Å²) >= 11 is 1.28. The van der Waals surface area contributed by atoms with Gasteiger partial charge in [-0.25, -0.2) is 9.78 Å². The number of carbonyl (C=O) groups is 3. The Hall–Kier alpha value is -3.72. The Balaban J connectivity index is 1.31. The number of carboxylic acids is 1. The molecule has 1 aliphatic carbocycles. The Kier molecular flexibility index (Phi) is 7.22. The van der Waals surface area contributed by atoms with Crippen molar-refractivity contribution in [2.45, 2.75) is 38.3 Å². The van der Waals surface area contributed by atoms with Gasteiger partial charge in [0.25, 0.3) is 0 Å². The minimum absolute atomic E-state index is 0.0584. The molecule has 0 bridgehead atoms. The van der Waals surface area contributed by atoms with Crippen molar-refractivity contribution in [1.82, 2.24) is 15.6 Å². The largest absolute Gasteiger partial charge is 0.481 e. The van der Waals surface area contributed by atoms with Gasteiger partial charge in [-0.2, -0.15) is 0 Å². The van der Waals surface area contributed by atoms with Gasteiger partial charge < -0.3 is 20.5 Å². The molecule has 2 aromatic carbocycles. The van der Waals surface area contributed by atoms with Crippen molar-refractivity contribution < 1.29 is 24.2 Å². The summed E-state index contributed by atoms with van der Waals surface area (Å²) in [7, 11) is 0. The molecule has 9 heteroatoms. The fourth-order valence-corrected chi connectivity index (χ4v) is 4.82. The number of alkyl carbamates (subject to hydrolysis) is 1. The lowest BCUT2D eigenvalue weighted by Gasteiger charge is -2.18. The summed E-state index contributed by atoms with van der Waals surface area (Å²) in [6, 6.07) is 15.4. The van der Waals surface area contributed by atoms with Crippen LogP contribution in [0.15, 0.2) is 53.9 Å². The monoisotopic (exact) mass is 479 g/mol. The van der Waals surface area contributed by atoms with E-state index in [-0.39, 0.29) is 31.4 Å². The third-order valence-corrected chi connectivity index (χ3v) is 6.60. The number of hydrogen-bond acceptors (Lipinski definition) is 6. The number of thiazole rings is 1. The van der Waals surface area contributed by atoms with Crippen LogP contribution in [0.4, 0.5) is 4.79 Å². The van der Waals surface area contributed by atoms with E-state index in [9.17, 15) is 14.4 Å². The van der Waals surface area contributed by atoms with Crippen molar-refractivity contribution in [2.24, 2.45) is 0 Å². The van der Waals surface area contributed by atoms with Crippen molar-refractivity contribution in [1.29, 1.82) is 0 Å². The Bertz CT molecular complexity index is 1160. The maximum atomic E-state index is 12.6. The first-order valence-electron chi connectivity index (χ1n) is 11.0. The predicted octanol–water partition coefficient (Wildman–Crippen LogP) is 3.70. The average molecular weight is 480 g/mol. The minimum atomic E-state index is -0.959. The molecule has 0 aliphatic heterocycles. The fourth-order valence-electron chi connectivity index (χ4n) is 4.09. The molecule has 0 spiro atoms. The second-order valence-electron chi connectivity index (χ2n) is 7.95. The number of hydrogen-bond donors (Lipinski definition) is 3. The molecule has 3 aromatic rings. The zero-order valence-corrected chi connectivity index (χ0v) is 19.4. The van der Waals surface area contributed by atoms with Crippen LogP contribution in [0.3, 0.4) is 0 Å². The van der Waals surface area contributed by atoms with E-state index in [1.165, 1.54) is 11.3 Å². The van der Waals surface area contributed by atoms with Crippen LogP contribution in [-0.4, -0.2) is 40.7 Å². The zero-order valence-electron chi connectivity index (χ0n) is 18.6. The average Bonchev–Trinajstić information content (AvgIpc) is 3.41. The van der Waals surface area contributed by atoms with E-state index < -0.39 is 18.1 Å². The van der Waals surface area contributed by atoms with Crippen LogP contribution in [0.2, 0.25) is 0 Å². The summed E-state index contributed by atoms with van der Waals surface area (Å²) in [6.45, 7) is 2.12. The minimum Gasteiger partial charge on any atom is -0.481 e. The van der Waals surface area contributed by atoms with Crippen LogP contribution < -0.4 is 10.6 Å². The summed E-state index contributed by atoms with van der Waals surface area (Å²) in [5.74, 6) is -1.37. The van der Waals surface area contributed by atoms with E-state index in [0.717, 1.165) is 22.3 Å². The Morgan fingerprint density at radius 3 is 2.35 bits per heavy atom. The Morgan fingerprint density at radius 2 is 1.74 bits per heavy atom.